The lowest BCUT2D eigenvalue weighted by molar-refractivity contribution is 0.0228. The van der Waals surface area contributed by atoms with Gasteiger partial charge in [-0.15, -0.1) is 11.3 Å². The summed E-state index contributed by atoms with van der Waals surface area (Å²) in [5, 5.41) is 10.3. The van der Waals surface area contributed by atoms with E-state index < -0.39 is 0 Å². The monoisotopic (exact) mass is 412 g/mol. The Morgan fingerprint density at radius 3 is 2.24 bits per heavy atom. The first-order valence-corrected chi connectivity index (χ1v) is 12.2. The molecule has 0 spiro atoms. The summed E-state index contributed by atoms with van der Waals surface area (Å²) in [6.45, 7) is 7.18. The highest BCUT2D eigenvalue weighted by Crippen LogP contribution is 2.35. The number of aliphatic hydroxyl groups is 1. The molecule has 2 aliphatic rings. The van der Waals surface area contributed by atoms with Gasteiger partial charge in [-0.25, -0.2) is 0 Å². The number of aryl methyl sites for hydroxylation is 1. The normalized spacial score (nSPS) is 24.0. The molecule has 0 aliphatic carbocycles. The topological polar surface area (TPSA) is 26.7 Å². The average molecular weight is 413 g/mol. The maximum Gasteiger partial charge on any atom is 0.0499 e. The smallest absolute Gasteiger partial charge is 0.0499 e. The van der Waals surface area contributed by atoms with Crippen LogP contribution in [0.15, 0.2) is 42.5 Å². The predicted molar refractivity (Wildman–Crippen MR) is 122 cm³/mol. The molecular weight excluding hydrogens is 376 g/mol. The fraction of sp³-hybridized carbons (Fsp3) is 0.600. The molecule has 0 amide bonds. The number of nitrogens with zero attached hydrogens (tertiary/aromatic N) is 2. The molecular formula is C25H36N2OS. The van der Waals surface area contributed by atoms with Crippen molar-refractivity contribution in [3.8, 4) is 0 Å². The summed E-state index contributed by atoms with van der Waals surface area (Å²) in [5.74, 6) is 0. The van der Waals surface area contributed by atoms with E-state index in [1.54, 1.807) is 0 Å². The van der Waals surface area contributed by atoms with Crippen molar-refractivity contribution in [1.82, 2.24) is 9.80 Å². The van der Waals surface area contributed by atoms with Gasteiger partial charge in [-0.2, -0.15) is 0 Å². The van der Waals surface area contributed by atoms with Crippen molar-refractivity contribution in [2.24, 2.45) is 5.41 Å². The largest absolute Gasteiger partial charge is 0.396 e. The molecule has 0 radical (unpaired) electrons. The molecule has 3 heterocycles. The predicted octanol–water partition coefficient (Wildman–Crippen LogP) is 4.94. The van der Waals surface area contributed by atoms with Crippen molar-refractivity contribution in [3.05, 3.63) is 57.8 Å². The molecule has 2 saturated heterocycles. The molecule has 0 unspecified atom stereocenters. The number of benzene rings is 1. The minimum Gasteiger partial charge on any atom is -0.396 e. The van der Waals surface area contributed by atoms with Crippen molar-refractivity contribution >= 4 is 11.3 Å². The summed E-state index contributed by atoms with van der Waals surface area (Å²) in [5.41, 5.74) is 1.44. The molecule has 2 aliphatic heterocycles. The Morgan fingerprint density at radius 2 is 1.52 bits per heavy atom. The third-order valence-electron chi connectivity index (χ3n) is 6.79. The first-order valence-electron chi connectivity index (χ1n) is 11.4. The molecule has 4 rings (SSSR count). The minimum absolute atomic E-state index is 0.0575. The van der Waals surface area contributed by atoms with Crippen LogP contribution in [0.3, 0.4) is 0 Å². The molecule has 2 fully saturated rings. The van der Waals surface area contributed by atoms with Crippen LogP contribution in [-0.4, -0.2) is 47.7 Å². The van der Waals surface area contributed by atoms with Crippen LogP contribution in [0.25, 0.3) is 0 Å². The van der Waals surface area contributed by atoms with Crippen LogP contribution in [0.1, 0.15) is 53.8 Å². The Kier molecular flexibility index (Phi) is 7.41. The molecule has 1 atom stereocenters. The van der Waals surface area contributed by atoms with Crippen LogP contribution in [0.2, 0.25) is 0 Å². The van der Waals surface area contributed by atoms with Crippen molar-refractivity contribution in [3.63, 3.8) is 0 Å². The SMILES string of the molecule is OC[C@@]1(CCc2ccccc2)CCCN(Cc2ccc(CN3CCCCC3)s2)C1. The van der Waals surface area contributed by atoms with Gasteiger partial charge in [0.15, 0.2) is 0 Å². The highest BCUT2D eigenvalue weighted by Gasteiger charge is 2.34. The Bertz CT molecular complexity index is 740. The lowest BCUT2D eigenvalue weighted by atomic mass is 9.76. The second-order valence-electron chi connectivity index (χ2n) is 9.16. The zero-order chi connectivity index (χ0) is 19.9. The summed E-state index contributed by atoms with van der Waals surface area (Å²) >= 11 is 1.99. The van der Waals surface area contributed by atoms with E-state index in [-0.39, 0.29) is 5.41 Å². The first kappa shape index (κ1) is 21.0. The van der Waals surface area contributed by atoms with Gasteiger partial charge in [0.25, 0.3) is 0 Å². The zero-order valence-electron chi connectivity index (χ0n) is 17.7. The van der Waals surface area contributed by atoms with Crippen LogP contribution in [0, 0.1) is 5.41 Å². The van der Waals surface area contributed by atoms with Gasteiger partial charge >= 0.3 is 0 Å². The lowest BCUT2D eigenvalue weighted by Gasteiger charge is -2.42. The number of hydrogen-bond acceptors (Lipinski definition) is 4. The number of aliphatic hydroxyl groups excluding tert-OH is 1. The van der Waals surface area contributed by atoms with E-state index >= 15 is 0 Å². The van der Waals surface area contributed by atoms with Gasteiger partial charge in [0.05, 0.1) is 0 Å². The molecule has 1 N–H and O–H groups in total. The van der Waals surface area contributed by atoms with E-state index in [9.17, 15) is 5.11 Å². The number of thiophene rings is 1. The molecule has 29 heavy (non-hydrogen) atoms. The highest BCUT2D eigenvalue weighted by atomic mass is 32.1. The second kappa shape index (κ2) is 10.2. The first-order chi connectivity index (χ1) is 14.2. The van der Waals surface area contributed by atoms with E-state index in [1.165, 1.54) is 54.1 Å². The van der Waals surface area contributed by atoms with Gasteiger partial charge in [0.1, 0.15) is 0 Å². The van der Waals surface area contributed by atoms with Crippen molar-refractivity contribution in [2.75, 3.05) is 32.8 Å². The molecule has 2 aromatic rings. The molecule has 1 aromatic carbocycles. The van der Waals surface area contributed by atoms with Crippen molar-refractivity contribution < 1.29 is 5.11 Å². The van der Waals surface area contributed by atoms with Crippen LogP contribution < -0.4 is 0 Å². The van der Waals surface area contributed by atoms with E-state index in [1.807, 2.05) is 11.3 Å². The van der Waals surface area contributed by atoms with E-state index in [0.717, 1.165) is 45.4 Å². The number of rotatable bonds is 8. The fourth-order valence-corrected chi connectivity index (χ4v) is 6.17. The van der Waals surface area contributed by atoms with Gasteiger partial charge < -0.3 is 5.11 Å². The Hall–Kier alpha value is -1.20. The maximum atomic E-state index is 10.3. The summed E-state index contributed by atoms with van der Waals surface area (Å²) < 4.78 is 0. The number of hydrogen-bond donors (Lipinski definition) is 1. The van der Waals surface area contributed by atoms with E-state index in [0.29, 0.717) is 6.61 Å². The van der Waals surface area contributed by atoms with Gasteiger partial charge in [0, 0.05) is 41.4 Å². The summed E-state index contributed by atoms with van der Waals surface area (Å²) in [6.07, 6.45) is 8.61. The van der Waals surface area contributed by atoms with Crippen LogP contribution in [-0.2, 0) is 19.5 Å². The lowest BCUT2D eigenvalue weighted by Crippen LogP contribution is -2.45. The third-order valence-corrected chi connectivity index (χ3v) is 7.84. The second-order valence-corrected chi connectivity index (χ2v) is 10.4. The standard InChI is InChI=1S/C25H36N2OS/c28-21-25(14-12-22-8-3-1-4-9-22)13-7-17-27(20-25)19-24-11-10-23(29-24)18-26-15-5-2-6-16-26/h1,3-4,8-11,28H,2,5-7,12-21H2/t25-/m1/s1. The maximum absolute atomic E-state index is 10.3. The van der Waals surface area contributed by atoms with Crippen molar-refractivity contribution in [1.29, 1.82) is 0 Å². The summed E-state index contributed by atoms with van der Waals surface area (Å²) in [6, 6.07) is 15.4. The third kappa shape index (κ3) is 5.91. The quantitative estimate of drug-likeness (QED) is 0.665. The van der Waals surface area contributed by atoms with Gasteiger partial charge in [-0.05, 0) is 75.9 Å². The Morgan fingerprint density at radius 1 is 0.828 bits per heavy atom. The zero-order valence-corrected chi connectivity index (χ0v) is 18.5. The minimum atomic E-state index is 0.0575. The number of piperidine rings is 2. The van der Waals surface area contributed by atoms with E-state index in [4.69, 9.17) is 0 Å². The van der Waals surface area contributed by atoms with Gasteiger partial charge in [-0.3, -0.25) is 9.80 Å². The highest BCUT2D eigenvalue weighted by molar-refractivity contribution is 7.11. The van der Waals surface area contributed by atoms with Crippen LogP contribution in [0.4, 0.5) is 0 Å². The molecule has 4 heteroatoms. The van der Waals surface area contributed by atoms with Crippen LogP contribution in [0.5, 0.6) is 0 Å². The summed E-state index contributed by atoms with van der Waals surface area (Å²) in [4.78, 5) is 8.19. The molecule has 0 saturated carbocycles. The fourth-order valence-electron chi connectivity index (χ4n) is 5.06. The van der Waals surface area contributed by atoms with E-state index in [2.05, 4.69) is 52.3 Å². The molecule has 158 valence electrons. The molecule has 1 aromatic heterocycles. The molecule has 0 bridgehead atoms. The number of likely N-dealkylation sites (tertiary alicyclic amines) is 2. The average Bonchev–Trinajstić information content (AvgIpc) is 3.20. The van der Waals surface area contributed by atoms with Gasteiger partial charge in [-0.1, -0.05) is 36.8 Å². The Labute approximate surface area is 180 Å². The van der Waals surface area contributed by atoms with Crippen LogP contribution >= 0.6 is 11.3 Å². The summed E-state index contributed by atoms with van der Waals surface area (Å²) in [7, 11) is 0. The molecule has 3 nitrogen and oxygen atoms in total. The van der Waals surface area contributed by atoms with Crippen molar-refractivity contribution in [2.45, 2.75) is 58.0 Å². The van der Waals surface area contributed by atoms with Gasteiger partial charge in [0.2, 0.25) is 0 Å². The Balaban J connectivity index is 1.31.